The summed E-state index contributed by atoms with van der Waals surface area (Å²) < 4.78 is 18.1. The molecule has 2 aromatic rings. The normalized spacial score (nSPS) is 10.0. The number of para-hydroxylation sites is 1. The summed E-state index contributed by atoms with van der Waals surface area (Å²) in [5.74, 6) is -2.80. The number of hydrogen-bond acceptors (Lipinski definition) is 4. The van der Waals surface area contributed by atoms with Crippen molar-refractivity contribution in [1.29, 1.82) is 0 Å². The highest BCUT2D eigenvalue weighted by Gasteiger charge is 2.17. The van der Waals surface area contributed by atoms with Crippen LogP contribution in [0.1, 0.15) is 15.9 Å². The first-order valence-corrected chi connectivity index (χ1v) is 7.53. The van der Waals surface area contributed by atoms with Crippen molar-refractivity contribution in [2.45, 2.75) is 6.42 Å². The number of rotatable bonds is 5. The van der Waals surface area contributed by atoms with Crippen molar-refractivity contribution in [2.75, 3.05) is 19.0 Å². The molecule has 0 aliphatic heterocycles. The SMILES string of the molecule is COC(=O)c1ccccc1NC(=O)C(=O)NCCc1ccccc1F. The highest BCUT2D eigenvalue weighted by Crippen LogP contribution is 2.15. The van der Waals surface area contributed by atoms with E-state index in [2.05, 4.69) is 15.4 Å². The van der Waals surface area contributed by atoms with Crippen LogP contribution in [0.3, 0.4) is 0 Å². The number of methoxy groups -OCH3 is 1. The average molecular weight is 344 g/mol. The van der Waals surface area contributed by atoms with Crippen molar-refractivity contribution >= 4 is 23.5 Å². The van der Waals surface area contributed by atoms with E-state index in [1.807, 2.05) is 0 Å². The van der Waals surface area contributed by atoms with Gasteiger partial charge in [0.2, 0.25) is 0 Å². The number of hydrogen-bond donors (Lipinski definition) is 2. The number of anilines is 1. The second kappa shape index (κ2) is 8.58. The molecule has 25 heavy (non-hydrogen) atoms. The third-order valence-corrected chi connectivity index (χ3v) is 3.42. The van der Waals surface area contributed by atoms with Gasteiger partial charge in [-0.25, -0.2) is 9.18 Å². The second-order valence-corrected chi connectivity index (χ2v) is 5.09. The lowest BCUT2D eigenvalue weighted by molar-refractivity contribution is -0.136. The maximum Gasteiger partial charge on any atom is 0.339 e. The van der Waals surface area contributed by atoms with Crippen molar-refractivity contribution in [1.82, 2.24) is 5.32 Å². The van der Waals surface area contributed by atoms with E-state index in [0.29, 0.717) is 5.56 Å². The molecule has 0 heterocycles. The fourth-order valence-corrected chi connectivity index (χ4v) is 2.15. The van der Waals surface area contributed by atoms with Crippen LogP contribution in [-0.4, -0.2) is 31.4 Å². The van der Waals surface area contributed by atoms with Gasteiger partial charge in [0.05, 0.1) is 18.4 Å². The molecular formula is C18H17FN2O4. The number of amides is 2. The Labute approximate surface area is 144 Å². The summed E-state index contributed by atoms with van der Waals surface area (Å²) >= 11 is 0. The third kappa shape index (κ3) is 4.87. The molecule has 0 spiro atoms. The first-order chi connectivity index (χ1) is 12.0. The molecule has 0 saturated heterocycles. The lowest BCUT2D eigenvalue weighted by Gasteiger charge is -2.10. The zero-order chi connectivity index (χ0) is 18.2. The van der Waals surface area contributed by atoms with Crippen LogP contribution in [0.4, 0.5) is 10.1 Å². The number of carbonyl (C=O) groups is 3. The molecule has 130 valence electrons. The summed E-state index contributed by atoms with van der Waals surface area (Å²) in [5, 5.41) is 4.77. The Morgan fingerprint density at radius 1 is 1.00 bits per heavy atom. The Balaban J connectivity index is 1.92. The zero-order valence-electron chi connectivity index (χ0n) is 13.5. The summed E-state index contributed by atoms with van der Waals surface area (Å²) in [6, 6.07) is 12.4. The van der Waals surface area contributed by atoms with Gasteiger partial charge in [0, 0.05) is 6.54 Å². The van der Waals surface area contributed by atoms with Crippen LogP contribution < -0.4 is 10.6 Å². The van der Waals surface area contributed by atoms with Crippen LogP contribution in [0.25, 0.3) is 0 Å². The molecule has 6 nitrogen and oxygen atoms in total. The van der Waals surface area contributed by atoms with E-state index in [0.717, 1.165) is 0 Å². The highest BCUT2D eigenvalue weighted by atomic mass is 19.1. The van der Waals surface area contributed by atoms with Gasteiger partial charge >= 0.3 is 17.8 Å². The van der Waals surface area contributed by atoms with Crippen molar-refractivity contribution in [3.05, 3.63) is 65.5 Å². The summed E-state index contributed by atoms with van der Waals surface area (Å²) in [7, 11) is 1.22. The molecule has 0 aliphatic rings. The smallest absolute Gasteiger partial charge is 0.339 e. The average Bonchev–Trinajstić information content (AvgIpc) is 2.63. The molecule has 0 aliphatic carbocycles. The van der Waals surface area contributed by atoms with E-state index in [9.17, 15) is 18.8 Å². The summed E-state index contributed by atoms with van der Waals surface area (Å²) in [4.78, 5) is 35.4. The number of esters is 1. The van der Waals surface area contributed by atoms with Crippen LogP contribution in [0.15, 0.2) is 48.5 Å². The lowest BCUT2D eigenvalue weighted by atomic mass is 10.1. The Bertz CT molecular complexity index is 792. The maximum absolute atomic E-state index is 13.5. The van der Waals surface area contributed by atoms with Gasteiger partial charge in [0.25, 0.3) is 0 Å². The van der Waals surface area contributed by atoms with E-state index in [4.69, 9.17) is 0 Å². The zero-order valence-corrected chi connectivity index (χ0v) is 13.5. The summed E-state index contributed by atoms with van der Waals surface area (Å²) in [6.45, 7) is 0.103. The second-order valence-electron chi connectivity index (χ2n) is 5.09. The van der Waals surface area contributed by atoms with Gasteiger partial charge in [0.1, 0.15) is 5.82 Å². The summed E-state index contributed by atoms with van der Waals surface area (Å²) in [6.07, 6.45) is 0.254. The fraction of sp³-hybridized carbons (Fsp3) is 0.167. The van der Waals surface area contributed by atoms with E-state index < -0.39 is 17.8 Å². The quantitative estimate of drug-likeness (QED) is 0.641. The van der Waals surface area contributed by atoms with E-state index in [1.165, 1.54) is 25.3 Å². The van der Waals surface area contributed by atoms with E-state index in [-0.39, 0.29) is 30.0 Å². The predicted molar refractivity (Wildman–Crippen MR) is 89.5 cm³/mol. The van der Waals surface area contributed by atoms with Crippen molar-refractivity contribution in [3.8, 4) is 0 Å². The van der Waals surface area contributed by atoms with E-state index in [1.54, 1.807) is 30.3 Å². The van der Waals surface area contributed by atoms with Gasteiger partial charge in [-0.2, -0.15) is 0 Å². The Morgan fingerprint density at radius 2 is 1.68 bits per heavy atom. The minimum Gasteiger partial charge on any atom is -0.465 e. The Kier molecular flexibility index (Phi) is 6.22. The van der Waals surface area contributed by atoms with Gasteiger partial charge in [-0.05, 0) is 30.2 Å². The minimum atomic E-state index is -0.926. The molecule has 0 bridgehead atoms. The molecule has 2 rings (SSSR count). The van der Waals surface area contributed by atoms with E-state index >= 15 is 0 Å². The first-order valence-electron chi connectivity index (χ1n) is 7.53. The molecule has 2 amide bonds. The highest BCUT2D eigenvalue weighted by molar-refractivity contribution is 6.40. The molecule has 0 fully saturated rings. The Hall–Kier alpha value is -3.22. The molecular weight excluding hydrogens is 327 g/mol. The topological polar surface area (TPSA) is 84.5 Å². The molecule has 7 heteroatoms. The molecule has 2 aromatic carbocycles. The Morgan fingerprint density at radius 3 is 2.40 bits per heavy atom. The van der Waals surface area contributed by atoms with Gasteiger partial charge in [-0.15, -0.1) is 0 Å². The molecule has 0 aromatic heterocycles. The number of benzene rings is 2. The number of carbonyl (C=O) groups excluding carboxylic acids is 3. The monoisotopic (exact) mass is 344 g/mol. The standard InChI is InChI=1S/C18H17FN2O4/c1-25-18(24)13-7-3-5-9-15(13)21-17(23)16(22)20-11-10-12-6-2-4-8-14(12)19/h2-9H,10-11H2,1H3,(H,20,22)(H,21,23). The third-order valence-electron chi connectivity index (χ3n) is 3.42. The minimum absolute atomic E-state index is 0.103. The van der Waals surface area contributed by atoms with Crippen LogP contribution in [0.5, 0.6) is 0 Å². The summed E-state index contributed by atoms with van der Waals surface area (Å²) in [5.41, 5.74) is 0.750. The molecule has 0 unspecified atom stereocenters. The molecule has 0 radical (unpaired) electrons. The largest absolute Gasteiger partial charge is 0.465 e. The van der Waals surface area contributed by atoms with Crippen molar-refractivity contribution in [3.63, 3.8) is 0 Å². The van der Waals surface area contributed by atoms with Gasteiger partial charge in [-0.1, -0.05) is 30.3 Å². The van der Waals surface area contributed by atoms with Crippen molar-refractivity contribution in [2.24, 2.45) is 0 Å². The number of nitrogens with one attached hydrogen (secondary N) is 2. The predicted octanol–water partition coefficient (Wildman–Crippen LogP) is 1.91. The first kappa shape index (κ1) is 18.1. The lowest BCUT2D eigenvalue weighted by Crippen LogP contribution is -2.36. The number of ether oxygens (including phenoxy) is 1. The fourth-order valence-electron chi connectivity index (χ4n) is 2.15. The van der Waals surface area contributed by atoms with Crippen LogP contribution in [-0.2, 0) is 20.7 Å². The molecule has 0 saturated carbocycles. The van der Waals surface area contributed by atoms with Crippen LogP contribution in [0, 0.1) is 5.82 Å². The van der Waals surface area contributed by atoms with Crippen molar-refractivity contribution < 1.29 is 23.5 Å². The van der Waals surface area contributed by atoms with Crippen LogP contribution >= 0.6 is 0 Å². The maximum atomic E-state index is 13.5. The van der Waals surface area contributed by atoms with Crippen LogP contribution in [0.2, 0.25) is 0 Å². The number of halogens is 1. The van der Waals surface area contributed by atoms with Gasteiger partial charge < -0.3 is 15.4 Å². The molecule has 0 atom stereocenters. The van der Waals surface area contributed by atoms with Gasteiger partial charge in [-0.3, -0.25) is 9.59 Å². The van der Waals surface area contributed by atoms with Gasteiger partial charge in [0.15, 0.2) is 0 Å². The molecule has 2 N–H and O–H groups in total.